The molecule has 21 heavy (non-hydrogen) atoms. The van der Waals surface area contributed by atoms with Crippen LogP contribution < -0.4 is 5.32 Å². The molecule has 1 aliphatic carbocycles. The van der Waals surface area contributed by atoms with Crippen molar-refractivity contribution in [3.8, 4) is 0 Å². The number of benzene rings is 1. The Morgan fingerprint density at radius 3 is 2.95 bits per heavy atom. The number of hydrogen-bond donors (Lipinski definition) is 1. The minimum atomic E-state index is 0.315. The largest absolute Gasteiger partial charge is 0.308 e. The molecule has 0 saturated carbocycles. The van der Waals surface area contributed by atoms with Gasteiger partial charge in [0, 0.05) is 13.0 Å². The van der Waals surface area contributed by atoms with E-state index in [1.165, 1.54) is 29.7 Å². The fraction of sp³-hybridized carbons (Fsp3) is 0.471. The number of hydrogen-bond acceptors (Lipinski definition) is 2. The van der Waals surface area contributed by atoms with Crippen molar-refractivity contribution in [3.05, 3.63) is 51.8 Å². The summed E-state index contributed by atoms with van der Waals surface area (Å²) in [5, 5.41) is 8.15. The Hall–Kier alpha value is -1.13. The molecule has 0 saturated heterocycles. The summed E-state index contributed by atoms with van der Waals surface area (Å²) < 4.78 is 3.10. The molecule has 2 atom stereocenters. The van der Waals surface area contributed by atoms with Crippen LogP contribution in [0.5, 0.6) is 0 Å². The van der Waals surface area contributed by atoms with Crippen LogP contribution >= 0.6 is 15.9 Å². The molecule has 0 amide bonds. The molecule has 3 nitrogen and oxygen atoms in total. The molecular weight excluding hydrogens is 326 g/mol. The highest BCUT2D eigenvalue weighted by Gasteiger charge is 2.32. The monoisotopic (exact) mass is 347 g/mol. The van der Waals surface area contributed by atoms with Gasteiger partial charge in [-0.1, -0.05) is 31.2 Å². The smallest absolute Gasteiger partial charge is 0.0698 e. The summed E-state index contributed by atoms with van der Waals surface area (Å²) in [5.41, 5.74) is 4.26. The molecule has 0 spiro atoms. The molecular formula is C17H22BrN3. The molecule has 0 radical (unpaired) electrons. The van der Waals surface area contributed by atoms with Crippen LogP contribution in [-0.2, 0) is 13.5 Å². The van der Waals surface area contributed by atoms with Crippen LogP contribution in [0.25, 0.3) is 0 Å². The zero-order chi connectivity index (χ0) is 14.8. The maximum atomic E-state index is 4.40. The van der Waals surface area contributed by atoms with Crippen LogP contribution in [0.3, 0.4) is 0 Å². The Morgan fingerprint density at radius 2 is 2.24 bits per heavy atom. The summed E-state index contributed by atoms with van der Waals surface area (Å²) in [6.07, 6.45) is 5.43. The van der Waals surface area contributed by atoms with E-state index in [1.54, 1.807) is 0 Å². The van der Waals surface area contributed by atoms with Crippen molar-refractivity contribution in [1.82, 2.24) is 15.1 Å². The number of nitrogens with zero attached hydrogens (tertiary/aromatic N) is 2. The number of halogens is 1. The molecule has 2 unspecified atom stereocenters. The predicted octanol–water partition coefficient (Wildman–Crippen LogP) is 3.95. The van der Waals surface area contributed by atoms with Crippen molar-refractivity contribution in [2.24, 2.45) is 7.05 Å². The van der Waals surface area contributed by atoms with Crippen molar-refractivity contribution in [1.29, 1.82) is 0 Å². The first-order chi connectivity index (χ1) is 10.2. The minimum Gasteiger partial charge on any atom is -0.308 e. The van der Waals surface area contributed by atoms with Crippen molar-refractivity contribution < 1.29 is 0 Å². The first-order valence-corrected chi connectivity index (χ1v) is 8.50. The number of aryl methyl sites for hydroxylation is 2. The van der Waals surface area contributed by atoms with E-state index >= 15 is 0 Å². The molecule has 0 aliphatic heterocycles. The van der Waals surface area contributed by atoms with Gasteiger partial charge in [-0.05, 0) is 52.9 Å². The molecule has 1 aliphatic rings. The average molecular weight is 348 g/mol. The molecule has 3 rings (SSSR count). The van der Waals surface area contributed by atoms with Gasteiger partial charge in [0.15, 0.2) is 0 Å². The highest BCUT2D eigenvalue weighted by atomic mass is 79.9. The second-order valence-electron chi connectivity index (χ2n) is 5.78. The van der Waals surface area contributed by atoms with E-state index < -0.39 is 0 Å². The van der Waals surface area contributed by atoms with Gasteiger partial charge < -0.3 is 5.32 Å². The number of aromatic nitrogens is 2. The van der Waals surface area contributed by atoms with E-state index in [0.29, 0.717) is 12.0 Å². The van der Waals surface area contributed by atoms with Gasteiger partial charge in [-0.3, -0.25) is 4.68 Å². The fourth-order valence-corrected chi connectivity index (χ4v) is 4.03. The lowest BCUT2D eigenvalue weighted by Crippen LogP contribution is -2.29. The standard InChI is InChI=1S/C17H22BrN3/c1-3-10-19-16(17-15(18)11-20-21(17)2)14-9-8-12-6-4-5-7-13(12)14/h4-7,11,14,16,19H,3,8-10H2,1-2H3. The Kier molecular flexibility index (Phi) is 4.45. The highest BCUT2D eigenvalue weighted by Crippen LogP contribution is 2.43. The number of nitrogens with one attached hydrogen (secondary N) is 1. The summed E-state index contributed by atoms with van der Waals surface area (Å²) in [6, 6.07) is 9.18. The normalized spacial score (nSPS) is 18.7. The SMILES string of the molecule is CCCNC(c1c(Br)cnn1C)C1CCc2ccccc21. The lowest BCUT2D eigenvalue weighted by Gasteiger charge is -2.26. The molecule has 1 heterocycles. The van der Waals surface area contributed by atoms with Crippen molar-refractivity contribution in [2.75, 3.05) is 6.54 Å². The van der Waals surface area contributed by atoms with Gasteiger partial charge >= 0.3 is 0 Å². The summed E-state index contributed by atoms with van der Waals surface area (Å²) >= 11 is 3.67. The summed E-state index contributed by atoms with van der Waals surface area (Å²) in [5.74, 6) is 0.527. The second-order valence-corrected chi connectivity index (χ2v) is 6.63. The third-order valence-electron chi connectivity index (χ3n) is 4.43. The summed E-state index contributed by atoms with van der Waals surface area (Å²) in [6.45, 7) is 3.24. The van der Waals surface area contributed by atoms with Crippen LogP contribution in [-0.4, -0.2) is 16.3 Å². The van der Waals surface area contributed by atoms with Crippen LogP contribution in [0.15, 0.2) is 34.9 Å². The maximum absolute atomic E-state index is 4.40. The van der Waals surface area contributed by atoms with Crippen molar-refractivity contribution >= 4 is 15.9 Å². The van der Waals surface area contributed by atoms with Gasteiger partial charge in [-0.2, -0.15) is 5.10 Å². The third-order valence-corrected chi connectivity index (χ3v) is 5.04. The van der Waals surface area contributed by atoms with Crippen molar-refractivity contribution in [2.45, 2.75) is 38.1 Å². The first kappa shape index (κ1) is 14.8. The lowest BCUT2D eigenvalue weighted by atomic mass is 9.90. The Balaban J connectivity index is 1.98. The highest BCUT2D eigenvalue weighted by molar-refractivity contribution is 9.10. The van der Waals surface area contributed by atoms with E-state index in [4.69, 9.17) is 0 Å². The predicted molar refractivity (Wildman–Crippen MR) is 89.4 cm³/mol. The lowest BCUT2D eigenvalue weighted by molar-refractivity contribution is 0.417. The van der Waals surface area contributed by atoms with Crippen LogP contribution in [0.1, 0.15) is 48.5 Å². The molecule has 1 aromatic heterocycles. The minimum absolute atomic E-state index is 0.315. The van der Waals surface area contributed by atoms with Crippen LogP contribution in [0.2, 0.25) is 0 Å². The van der Waals surface area contributed by atoms with Crippen molar-refractivity contribution in [3.63, 3.8) is 0 Å². The van der Waals surface area contributed by atoms with E-state index in [2.05, 4.69) is 57.5 Å². The Morgan fingerprint density at radius 1 is 1.43 bits per heavy atom. The molecule has 4 heteroatoms. The van der Waals surface area contributed by atoms with Gasteiger partial charge in [-0.25, -0.2) is 0 Å². The molecule has 2 aromatic rings. The van der Waals surface area contributed by atoms with Gasteiger partial charge in [0.05, 0.1) is 22.4 Å². The quantitative estimate of drug-likeness (QED) is 0.887. The fourth-order valence-electron chi connectivity index (χ4n) is 3.44. The zero-order valence-corrected chi connectivity index (χ0v) is 14.2. The van der Waals surface area contributed by atoms with E-state index in [0.717, 1.165) is 17.4 Å². The molecule has 1 aromatic carbocycles. The number of rotatable bonds is 5. The molecule has 0 bridgehead atoms. The molecule has 0 fully saturated rings. The second kappa shape index (κ2) is 6.32. The van der Waals surface area contributed by atoms with Gasteiger partial charge in [0.25, 0.3) is 0 Å². The van der Waals surface area contributed by atoms with Crippen LogP contribution in [0, 0.1) is 0 Å². The number of fused-ring (bicyclic) bond motifs is 1. The zero-order valence-electron chi connectivity index (χ0n) is 12.6. The Labute approximate surface area is 134 Å². The van der Waals surface area contributed by atoms with E-state index in [-0.39, 0.29) is 0 Å². The first-order valence-electron chi connectivity index (χ1n) is 7.71. The van der Waals surface area contributed by atoms with Crippen LogP contribution in [0.4, 0.5) is 0 Å². The summed E-state index contributed by atoms with van der Waals surface area (Å²) in [7, 11) is 2.03. The average Bonchev–Trinajstić information content (AvgIpc) is 3.06. The van der Waals surface area contributed by atoms with E-state index in [9.17, 15) is 0 Å². The summed E-state index contributed by atoms with van der Waals surface area (Å²) in [4.78, 5) is 0. The topological polar surface area (TPSA) is 29.9 Å². The molecule has 112 valence electrons. The molecule has 1 N–H and O–H groups in total. The van der Waals surface area contributed by atoms with Gasteiger partial charge in [-0.15, -0.1) is 0 Å². The van der Waals surface area contributed by atoms with Gasteiger partial charge in [0.1, 0.15) is 0 Å². The third kappa shape index (κ3) is 2.79. The Bertz CT molecular complexity index is 601. The maximum Gasteiger partial charge on any atom is 0.0698 e. The van der Waals surface area contributed by atoms with Gasteiger partial charge in [0.2, 0.25) is 0 Å². The van der Waals surface area contributed by atoms with E-state index in [1.807, 2.05) is 17.9 Å².